The van der Waals surface area contributed by atoms with Gasteiger partial charge in [-0.15, -0.1) is 0 Å². The van der Waals surface area contributed by atoms with Gasteiger partial charge in [-0.25, -0.2) is 4.79 Å². The van der Waals surface area contributed by atoms with Gasteiger partial charge in [-0.3, -0.25) is 4.79 Å². The van der Waals surface area contributed by atoms with Crippen molar-refractivity contribution < 1.29 is 37.1 Å². The number of amides is 1. The molecule has 0 saturated heterocycles. The zero-order valence-corrected chi connectivity index (χ0v) is 8.86. The number of rotatable bonds is 3. The van der Waals surface area contributed by atoms with Crippen LogP contribution in [0.4, 0.5) is 0 Å². The van der Waals surface area contributed by atoms with Gasteiger partial charge < -0.3 is 10.4 Å². The molecule has 4 nitrogen and oxygen atoms in total. The van der Waals surface area contributed by atoms with E-state index in [1.54, 1.807) is 0 Å². The minimum Gasteiger partial charge on any atom is -0.480 e. The van der Waals surface area contributed by atoms with Crippen LogP contribution in [0, 0.1) is 0 Å². The van der Waals surface area contributed by atoms with E-state index < -0.39 is 12.0 Å². The summed E-state index contributed by atoms with van der Waals surface area (Å²) in [7, 11) is 0. The maximum absolute atomic E-state index is 10.3. The van der Waals surface area contributed by atoms with Crippen molar-refractivity contribution in [1.29, 1.82) is 0 Å². The number of carboxylic acids is 1. The van der Waals surface area contributed by atoms with Crippen LogP contribution in [0.2, 0.25) is 0 Å². The third-order valence-electron chi connectivity index (χ3n) is 0.858. The van der Waals surface area contributed by atoms with E-state index >= 15 is 0 Å². The van der Waals surface area contributed by atoms with Gasteiger partial charge in [-0.1, -0.05) is 0 Å². The zero-order chi connectivity index (χ0) is 8.15. The molecule has 0 heterocycles. The Labute approximate surface area is 85.7 Å². The molecule has 0 spiro atoms. The normalized spacial score (nSPS) is 11.1. The molecule has 0 aromatic heterocycles. The fourth-order valence-electron chi connectivity index (χ4n) is 0.431. The number of aliphatic carboxylic acids is 1. The number of carbonyl (C=O) groups is 2. The molecule has 1 radical (unpaired) electrons. The van der Waals surface area contributed by atoms with Gasteiger partial charge >= 0.3 is 5.97 Å². The Bertz CT molecular complexity index is 153. The Morgan fingerprint density at radius 2 is 2.09 bits per heavy atom. The molecular weight excluding hydrogens is 351 g/mol. The topological polar surface area (TPSA) is 66.4 Å². The summed E-state index contributed by atoms with van der Waals surface area (Å²) >= 11 is 3.73. The molecule has 0 aromatic rings. The van der Waals surface area contributed by atoms with E-state index in [4.69, 9.17) is 5.11 Å². The number of carboxylic acid groups (broad SMARTS) is 1. The largest absolute Gasteiger partial charge is 0.480 e. The van der Waals surface area contributed by atoms with Gasteiger partial charge in [0.1, 0.15) is 6.04 Å². The Balaban J connectivity index is 0. The van der Waals surface area contributed by atoms with Crippen LogP contribution < -0.4 is 5.32 Å². The molecule has 0 aliphatic heterocycles. The summed E-state index contributed by atoms with van der Waals surface area (Å²) in [5.74, 6) is -1.32. The Hall–Kier alpha value is 0.0303. The number of hydrogen-bond donors (Lipinski definition) is 3. The van der Waals surface area contributed by atoms with Crippen LogP contribution in [0.25, 0.3) is 0 Å². The molecular formula is C5H9AuNO3S. The van der Waals surface area contributed by atoms with Crippen LogP contribution in [0.3, 0.4) is 0 Å². The van der Waals surface area contributed by atoms with E-state index in [2.05, 4.69) is 17.9 Å². The minimum atomic E-state index is -1.06. The average molecular weight is 360 g/mol. The summed E-state index contributed by atoms with van der Waals surface area (Å²) in [5.41, 5.74) is 0. The molecule has 0 saturated carbocycles. The number of thiol groups is 1. The molecule has 0 aliphatic carbocycles. The van der Waals surface area contributed by atoms with Crippen molar-refractivity contribution in [3.8, 4) is 0 Å². The third kappa shape index (κ3) is 6.43. The third-order valence-corrected chi connectivity index (χ3v) is 1.22. The zero-order valence-electron chi connectivity index (χ0n) is 5.80. The van der Waals surface area contributed by atoms with Gasteiger partial charge in [0.2, 0.25) is 5.91 Å². The van der Waals surface area contributed by atoms with Gasteiger partial charge in [0.25, 0.3) is 0 Å². The summed E-state index contributed by atoms with van der Waals surface area (Å²) in [6.45, 7) is 1.26. The first kappa shape index (κ1) is 13.6. The maximum atomic E-state index is 10.3. The first-order valence-electron chi connectivity index (χ1n) is 2.68. The van der Waals surface area contributed by atoms with E-state index in [1.165, 1.54) is 6.92 Å². The van der Waals surface area contributed by atoms with Crippen molar-refractivity contribution in [2.45, 2.75) is 13.0 Å². The molecule has 0 aliphatic rings. The fourth-order valence-corrected chi connectivity index (χ4v) is 0.678. The van der Waals surface area contributed by atoms with E-state index in [9.17, 15) is 9.59 Å². The van der Waals surface area contributed by atoms with Crippen LogP contribution in [-0.2, 0) is 32.0 Å². The Morgan fingerprint density at radius 3 is 2.18 bits per heavy atom. The van der Waals surface area contributed by atoms with Crippen molar-refractivity contribution in [3.63, 3.8) is 0 Å². The second kappa shape index (κ2) is 6.72. The second-order valence-electron chi connectivity index (χ2n) is 1.77. The molecule has 1 atom stereocenters. The van der Waals surface area contributed by atoms with Gasteiger partial charge in [0.05, 0.1) is 0 Å². The summed E-state index contributed by atoms with van der Waals surface area (Å²) in [5, 5.41) is 10.6. The number of carbonyl (C=O) groups excluding carboxylic acids is 1. The predicted molar refractivity (Wildman–Crippen MR) is 39.1 cm³/mol. The molecule has 1 unspecified atom stereocenters. The number of hydrogen-bond acceptors (Lipinski definition) is 3. The minimum absolute atomic E-state index is 0. The standard InChI is InChI=1S/C5H9NO3S.Au/c1-3(7)6-4(2-10)5(8)9;/h4,10H,2H2,1H3,(H,6,7)(H,8,9);. The summed E-state index contributed by atoms with van der Waals surface area (Å²) < 4.78 is 0. The van der Waals surface area contributed by atoms with E-state index in [-0.39, 0.29) is 34.0 Å². The van der Waals surface area contributed by atoms with E-state index in [0.717, 1.165) is 0 Å². The molecule has 2 N–H and O–H groups in total. The Morgan fingerprint density at radius 1 is 1.64 bits per heavy atom. The summed E-state index contributed by atoms with van der Waals surface area (Å²) in [6.07, 6.45) is 0. The molecule has 6 heteroatoms. The first-order valence-corrected chi connectivity index (χ1v) is 3.32. The van der Waals surface area contributed by atoms with Crippen LogP contribution in [0.5, 0.6) is 0 Å². The van der Waals surface area contributed by atoms with Crippen molar-refractivity contribution in [2.75, 3.05) is 5.75 Å². The van der Waals surface area contributed by atoms with E-state index in [1.807, 2.05) is 0 Å². The fraction of sp³-hybridized carbons (Fsp3) is 0.600. The van der Waals surface area contributed by atoms with Crippen molar-refractivity contribution in [2.24, 2.45) is 0 Å². The summed E-state index contributed by atoms with van der Waals surface area (Å²) in [6, 6.07) is -0.874. The van der Waals surface area contributed by atoms with Crippen molar-refractivity contribution in [1.82, 2.24) is 5.32 Å². The van der Waals surface area contributed by atoms with Crippen molar-refractivity contribution >= 4 is 24.5 Å². The average Bonchev–Trinajstić information content (AvgIpc) is 1.81. The first-order chi connectivity index (χ1) is 4.57. The van der Waals surface area contributed by atoms with Gasteiger partial charge in [-0.2, -0.15) is 12.6 Å². The Kier molecular flexibility index (Phi) is 8.32. The van der Waals surface area contributed by atoms with Gasteiger partial charge in [0, 0.05) is 35.1 Å². The second-order valence-corrected chi connectivity index (χ2v) is 2.14. The molecule has 0 rings (SSSR count). The van der Waals surface area contributed by atoms with Crippen LogP contribution in [0.15, 0.2) is 0 Å². The molecule has 0 fully saturated rings. The smallest absolute Gasteiger partial charge is 0.327 e. The predicted octanol–water partition coefficient (Wildman–Crippen LogP) is -0.497. The van der Waals surface area contributed by atoms with Crippen LogP contribution >= 0.6 is 12.6 Å². The molecule has 0 aromatic carbocycles. The SMILES string of the molecule is CC(=O)NC(CS)C(=O)O.[Au]. The summed E-state index contributed by atoms with van der Waals surface area (Å²) in [4.78, 5) is 20.5. The molecule has 69 valence electrons. The van der Waals surface area contributed by atoms with Gasteiger partial charge in [0.15, 0.2) is 0 Å². The quantitative estimate of drug-likeness (QED) is 0.470. The van der Waals surface area contributed by atoms with Crippen LogP contribution in [0.1, 0.15) is 6.92 Å². The molecule has 0 bridgehead atoms. The monoisotopic (exact) mass is 360 g/mol. The molecule has 1 amide bonds. The number of nitrogens with one attached hydrogen (secondary N) is 1. The van der Waals surface area contributed by atoms with Crippen LogP contribution in [-0.4, -0.2) is 28.8 Å². The molecule has 11 heavy (non-hydrogen) atoms. The van der Waals surface area contributed by atoms with E-state index in [0.29, 0.717) is 0 Å². The maximum Gasteiger partial charge on any atom is 0.327 e. The van der Waals surface area contributed by atoms with Gasteiger partial charge in [-0.05, 0) is 0 Å². The van der Waals surface area contributed by atoms with Crippen molar-refractivity contribution in [3.05, 3.63) is 0 Å².